The molecule has 8 nitrogen and oxygen atoms in total. The summed E-state index contributed by atoms with van der Waals surface area (Å²) in [6.45, 7) is 11.3. The third-order valence-corrected chi connectivity index (χ3v) is 12.1. The highest BCUT2D eigenvalue weighted by Crippen LogP contribution is 2.66. The minimum absolute atomic E-state index is 0.0322. The molecule has 3 amide bonds. The fourth-order valence-corrected chi connectivity index (χ4v) is 10.3. The lowest BCUT2D eigenvalue weighted by Crippen LogP contribution is -2.57. The molecule has 2 aromatic carbocycles. The number of amides is 3. The van der Waals surface area contributed by atoms with Gasteiger partial charge in [0, 0.05) is 48.8 Å². The molecule has 4 aliphatic rings. The summed E-state index contributed by atoms with van der Waals surface area (Å²) in [6.07, 6.45) is 9.42. The number of carbonyl (C=O) groups is 3. The molecule has 6 atom stereocenters. The van der Waals surface area contributed by atoms with E-state index in [1.165, 1.54) is 0 Å². The largest absolute Gasteiger partial charge is 0.394 e. The quantitative estimate of drug-likeness (QED) is 0.384. The third-order valence-electron chi connectivity index (χ3n) is 10.3. The van der Waals surface area contributed by atoms with Gasteiger partial charge in [-0.2, -0.15) is 0 Å². The number of aliphatic hydroxyl groups is 1. The normalized spacial score (nSPS) is 29.4. The van der Waals surface area contributed by atoms with Gasteiger partial charge in [0.05, 0.1) is 29.2 Å². The van der Waals surface area contributed by atoms with E-state index in [1.54, 1.807) is 21.6 Å². The number of anilines is 2. The van der Waals surface area contributed by atoms with Crippen molar-refractivity contribution in [2.75, 3.05) is 49.1 Å². The van der Waals surface area contributed by atoms with E-state index in [1.807, 2.05) is 78.6 Å². The van der Waals surface area contributed by atoms with Gasteiger partial charge in [0.15, 0.2) is 0 Å². The smallest absolute Gasteiger partial charge is 0.251 e. The van der Waals surface area contributed by atoms with Crippen molar-refractivity contribution in [3.05, 3.63) is 84.5 Å². The monoisotopic (exact) mass is 642 g/mol. The SMILES string of the molecule is CCCN1CC=C[C@]2(C)S[C@]34C=CCN(c5ccc(N(CC)CC)cc5)C(=O)C3N([C@@H](CO)Cc3ccccc3)C(=O)[C@@H]4[C@@H]2C1=O. The van der Waals surface area contributed by atoms with E-state index < -0.39 is 33.4 Å². The molecule has 4 aliphatic heterocycles. The van der Waals surface area contributed by atoms with Gasteiger partial charge < -0.3 is 24.7 Å². The molecule has 1 unspecified atom stereocenters. The molecular formula is C37H46N4O4S. The zero-order valence-corrected chi connectivity index (χ0v) is 28.2. The molecule has 0 aliphatic carbocycles. The van der Waals surface area contributed by atoms with Crippen molar-refractivity contribution in [2.45, 2.75) is 62.1 Å². The van der Waals surface area contributed by atoms with Crippen molar-refractivity contribution >= 4 is 40.9 Å². The van der Waals surface area contributed by atoms with E-state index in [0.29, 0.717) is 26.1 Å². The highest BCUT2D eigenvalue weighted by Gasteiger charge is 2.74. The minimum Gasteiger partial charge on any atom is -0.394 e. The fraction of sp³-hybridized carbons (Fsp3) is 0.486. The number of likely N-dealkylation sites (tertiary alicyclic amines) is 1. The van der Waals surface area contributed by atoms with Gasteiger partial charge in [-0.15, -0.1) is 11.8 Å². The van der Waals surface area contributed by atoms with Gasteiger partial charge in [0.1, 0.15) is 6.04 Å². The summed E-state index contributed by atoms with van der Waals surface area (Å²) in [6, 6.07) is 16.3. The zero-order chi connectivity index (χ0) is 32.6. The molecule has 9 heteroatoms. The molecule has 46 heavy (non-hydrogen) atoms. The predicted octanol–water partition coefficient (Wildman–Crippen LogP) is 4.54. The van der Waals surface area contributed by atoms with Crippen LogP contribution in [-0.2, 0) is 20.8 Å². The first-order chi connectivity index (χ1) is 22.2. The Hall–Kier alpha value is -3.56. The van der Waals surface area contributed by atoms with Crippen LogP contribution in [0, 0.1) is 11.8 Å². The highest BCUT2D eigenvalue weighted by molar-refractivity contribution is 8.02. The van der Waals surface area contributed by atoms with Crippen molar-refractivity contribution in [1.82, 2.24) is 9.80 Å². The maximum Gasteiger partial charge on any atom is 0.251 e. The van der Waals surface area contributed by atoms with Gasteiger partial charge in [0.2, 0.25) is 11.8 Å². The first-order valence-corrected chi connectivity index (χ1v) is 17.5. The van der Waals surface area contributed by atoms with E-state index in [-0.39, 0.29) is 24.3 Å². The number of benzene rings is 2. The summed E-state index contributed by atoms with van der Waals surface area (Å²) in [5, 5.41) is 10.8. The van der Waals surface area contributed by atoms with E-state index in [2.05, 4.69) is 37.8 Å². The van der Waals surface area contributed by atoms with Gasteiger partial charge in [-0.05, 0) is 63.4 Å². The lowest BCUT2D eigenvalue weighted by molar-refractivity contribution is -0.145. The van der Waals surface area contributed by atoms with Crippen LogP contribution in [0.2, 0.25) is 0 Å². The van der Waals surface area contributed by atoms with Crippen molar-refractivity contribution in [1.29, 1.82) is 0 Å². The lowest BCUT2D eigenvalue weighted by Gasteiger charge is -2.40. The summed E-state index contributed by atoms with van der Waals surface area (Å²) in [4.78, 5) is 51.8. The molecule has 0 bridgehead atoms. The Morgan fingerprint density at radius 1 is 0.891 bits per heavy atom. The zero-order valence-electron chi connectivity index (χ0n) is 27.3. The molecule has 6 rings (SSSR count). The van der Waals surface area contributed by atoms with Crippen molar-refractivity contribution < 1.29 is 19.5 Å². The Morgan fingerprint density at radius 3 is 2.24 bits per heavy atom. The average Bonchev–Trinajstić information content (AvgIpc) is 3.34. The van der Waals surface area contributed by atoms with Crippen LogP contribution in [-0.4, -0.2) is 93.5 Å². The summed E-state index contributed by atoms with van der Waals surface area (Å²) in [5.74, 6) is -1.81. The van der Waals surface area contributed by atoms with Crippen LogP contribution in [0.25, 0.3) is 0 Å². The van der Waals surface area contributed by atoms with Crippen LogP contribution in [0.4, 0.5) is 11.4 Å². The third kappa shape index (κ3) is 5.25. The standard InChI is InChI=1S/C37H46N4O4S/c1-5-21-39-22-11-19-36(4)30(33(39)43)31-34(44)41(29(25-42)24-26-13-9-8-10-14-26)32-35(45)40(23-12-20-37(31,32)46-36)28-17-15-27(16-18-28)38(6-2)7-3/h8-20,29-32,42H,5-7,21-25H2,1-4H3/t29-,30-,31+,32?,36+,37+/m1/s1. The molecule has 1 spiro atoms. The van der Waals surface area contributed by atoms with Crippen molar-refractivity contribution in [2.24, 2.45) is 11.8 Å². The predicted molar refractivity (Wildman–Crippen MR) is 185 cm³/mol. The Morgan fingerprint density at radius 2 is 1.59 bits per heavy atom. The van der Waals surface area contributed by atoms with Crippen LogP contribution in [0.1, 0.15) is 39.7 Å². The van der Waals surface area contributed by atoms with Gasteiger partial charge in [-0.1, -0.05) is 61.6 Å². The van der Waals surface area contributed by atoms with Gasteiger partial charge in [-0.25, -0.2) is 0 Å². The number of aliphatic hydroxyl groups excluding tert-OH is 1. The number of hydrogen-bond acceptors (Lipinski definition) is 6. The molecule has 2 fully saturated rings. The molecule has 4 heterocycles. The fourth-order valence-electron chi connectivity index (χ4n) is 8.18. The summed E-state index contributed by atoms with van der Waals surface area (Å²) < 4.78 is -1.63. The molecule has 2 saturated heterocycles. The maximum atomic E-state index is 15.0. The van der Waals surface area contributed by atoms with Crippen LogP contribution in [0.15, 0.2) is 78.9 Å². The van der Waals surface area contributed by atoms with Crippen molar-refractivity contribution in [3.63, 3.8) is 0 Å². The average molecular weight is 643 g/mol. The Balaban J connectivity index is 1.46. The highest BCUT2D eigenvalue weighted by atomic mass is 32.2. The molecule has 0 aromatic heterocycles. The molecule has 1 N–H and O–H groups in total. The van der Waals surface area contributed by atoms with E-state index >= 15 is 4.79 Å². The summed E-state index contributed by atoms with van der Waals surface area (Å²) >= 11 is 1.59. The summed E-state index contributed by atoms with van der Waals surface area (Å²) in [5.41, 5.74) is 2.82. The van der Waals surface area contributed by atoms with Crippen LogP contribution in [0.5, 0.6) is 0 Å². The first-order valence-electron chi connectivity index (χ1n) is 16.7. The number of carbonyl (C=O) groups excluding carboxylic acids is 3. The first kappa shape index (κ1) is 32.4. The Labute approximate surface area is 277 Å². The van der Waals surface area contributed by atoms with Crippen LogP contribution < -0.4 is 9.80 Å². The number of thioether (sulfide) groups is 1. The Bertz CT molecular complexity index is 1510. The van der Waals surface area contributed by atoms with Crippen LogP contribution in [0.3, 0.4) is 0 Å². The molecular weight excluding hydrogens is 596 g/mol. The molecule has 2 aromatic rings. The minimum atomic E-state index is -0.969. The van der Waals surface area contributed by atoms with Gasteiger partial charge in [-0.3, -0.25) is 14.4 Å². The second-order valence-electron chi connectivity index (χ2n) is 13.0. The van der Waals surface area contributed by atoms with Gasteiger partial charge in [0.25, 0.3) is 5.91 Å². The van der Waals surface area contributed by atoms with E-state index in [0.717, 1.165) is 36.4 Å². The summed E-state index contributed by atoms with van der Waals surface area (Å²) in [7, 11) is 0. The number of fused-ring (bicyclic) bond motifs is 2. The molecule has 0 radical (unpaired) electrons. The lowest BCUT2D eigenvalue weighted by atomic mass is 9.74. The van der Waals surface area contributed by atoms with Gasteiger partial charge >= 0.3 is 0 Å². The molecule has 244 valence electrons. The van der Waals surface area contributed by atoms with Crippen molar-refractivity contribution in [3.8, 4) is 0 Å². The van der Waals surface area contributed by atoms with Crippen LogP contribution >= 0.6 is 11.8 Å². The number of nitrogens with zero attached hydrogens (tertiary/aromatic N) is 4. The van der Waals surface area contributed by atoms with E-state index in [9.17, 15) is 14.7 Å². The Kier molecular flexibility index (Phi) is 9.09. The maximum absolute atomic E-state index is 15.0. The number of rotatable bonds is 10. The van der Waals surface area contributed by atoms with E-state index in [4.69, 9.17) is 0 Å². The number of hydrogen-bond donors (Lipinski definition) is 1. The molecule has 0 saturated carbocycles. The second kappa shape index (κ2) is 12.9. The second-order valence-corrected chi connectivity index (χ2v) is 14.8. The topological polar surface area (TPSA) is 84.4 Å².